The fourth-order valence-electron chi connectivity index (χ4n) is 4.62. The molecule has 37 heavy (non-hydrogen) atoms. The molecule has 0 aromatic heterocycles. The van der Waals surface area contributed by atoms with Gasteiger partial charge >= 0.3 is 0 Å². The number of benzene rings is 2. The van der Waals surface area contributed by atoms with Crippen molar-refractivity contribution in [3.63, 3.8) is 0 Å². The Morgan fingerprint density at radius 1 is 1.11 bits per heavy atom. The van der Waals surface area contributed by atoms with Crippen molar-refractivity contribution in [2.45, 2.75) is 43.9 Å². The van der Waals surface area contributed by atoms with Crippen LogP contribution in [0.25, 0.3) is 0 Å². The van der Waals surface area contributed by atoms with Gasteiger partial charge < -0.3 is 29.9 Å². The Hall–Kier alpha value is -2.63. The third-order valence-corrected chi connectivity index (χ3v) is 7.63. The predicted molar refractivity (Wildman–Crippen MR) is 147 cm³/mol. The number of nitrogens with one attached hydrogen (secondary N) is 1. The van der Waals surface area contributed by atoms with Crippen molar-refractivity contribution in [3.05, 3.63) is 69.3 Å². The first-order valence-electron chi connectivity index (χ1n) is 12.5. The van der Waals surface area contributed by atoms with Crippen LogP contribution in [0.1, 0.15) is 24.8 Å². The first-order valence-corrected chi connectivity index (χ1v) is 13.6. The summed E-state index contributed by atoms with van der Waals surface area (Å²) in [5, 5.41) is 23.4. The maximum atomic E-state index is 13.5. The normalized spacial score (nSPS) is 21.1. The molecule has 2 aliphatic carbocycles. The van der Waals surface area contributed by atoms with Gasteiger partial charge in [0.1, 0.15) is 23.7 Å². The van der Waals surface area contributed by atoms with E-state index < -0.39 is 18.2 Å². The lowest BCUT2D eigenvalue weighted by molar-refractivity contribution is -0.139. The van der Waals surface area contributed by atoms with E-state index in [4.69, 9.17) is 9.47 Å². The van der Waals surface area contributed by atoms with Crippen molar-refractivity contribution >= 4 is 34.4 Å². The van der Waals surface area contributed by atoms with Crippen LogP contribution in [0, 0.1) is 9.49 Å². The molecule has 198 valence electrons. The largest absolute Gasteiger partial charge is 0.496 e. The van der Waals surface area contributed by atoms with Crippen molar-refractivity contribution in [2.75, 3.05) is 26.8 Å². The van der Waals surface area contributed by atoms with Crippen LogP contribution in [0.15, 0.2) is 60.2 Å². The van der Waals surface area contributed by atoms with Crippen LogP contribution >= 0.6 is 22.6 Å². The average Bonchev–Trinajstić information content (AvgIpc) is 3.76. The average molecular weight is 620 g/mol. The molecule has 2 aliphatic rings. The van der Waals surface area contributed by atoms with E-state index in [0.29, 0.717) is 24.3 Å². The molecule has 0 spiro atoms. The van der Waals surface area contributed by atoms with Crippen molar-refractivity contribution in [1.29, 1.82) is 0 Å². The molecule has 8 nitrogen and oxygen atoms in total. The molecule has 0 unspecified atom stereocenters. The second-order valence-corrected chi connectivity index (χ2v) is 10.5. The summed E-state index contributed by atoms with van der Waals surface area (Å²) in [6.45, 7) is 0.307. The Balaban J connectivity index is 1.63. The van der Waals surface area contributed by atoms with Gasteiger partial charge in [-0.1, -0.05) is 30.3 Å². The standard InChI is InChI=1S/C28H33IN2O6/c1-36-23-8-4-2-6-18(23)12-14-31(28(35)19-10-11-19)22-16-20(27(34)30-13-15-32)17-25(26(22)33)37-24-9-5-3-7-21(24)29/h2-9,17,19,22,25-26,32-33H,10-16H2,1H3,(H,30,34)/t22-,25+,26+/m1/s1. The lowest BCUT2D eigenvalue weighted by atomic mass is 9.87. The minimum Gasteiger partial charge on any atom is -0.496 e. The Morgan fingerprint density at radius 3 is 2.49 bits per heavy atom. The highest BCUT2D eigenvalue weighted by Gasteiger charge is 2.43. The molecule has 2 aromatic carbocycles. The van der Waals surface area contributed by atoms with Crippen LogP contribution in [-0.2, 0) is 16.0 Å². The molecular formula is C28H33IN2O6. The van der Waals surface area contributed by atoms with Gasteiger partial charge in [0.05, 0.1) is 23.3 Å². The number of nitrogens with zero attached hydrogens (tertiary/aromatic N) is 1. The van der Waals surface area contributed by atoms with Gasteiger partial charge in [-0.2, -0.15) is 0 Å². The summed E-state index contributed by atoms with van der Waals surface area (Å²) in [5.41, 5.74) is 1.39. The molecular weight excluding hydrogens is 587 g/mol. The number of carbonyl (C=O) groups is 2. The topological polar surface area (TPSA) is 108 Å². The molecule has 3 N–H and O–H groups in total. The maximum Gasteiger partial charge on any atom is 0.247 e. The molecule has 4 rings (SSSR count). The minimum atomic E-state index is -1.04. The van der Waals surface area contributed by atoms with Gasteiger partial charge in [0, 0.05) is 31.0 Å². The number of rotatable bonds is 11. The number of amides is 2. The Kier molecular flexibility index (Phi) is 9.44. The number of hydrogen-bond acceptors (Lipinski definition) is 6. The van der Waals surface area contributed by atoms with Crippen LogP contribution < -0.4 is 14.8 Å². The number of methoxy groups -OCH3 is 1. The van der Waals surface area contributed by atoms with Crippen molar-refractivity contribution in [3.8, 4) is 11.5 Å². The molecule has 2 amide bonds. The van der Waals surface area contributed by atoms with E-state index >= 15 is 0 Å². The summed E-state index contributed by atoms with van der Waals surface area (Å²) in [6.07, 6.45) is 2.16. The number of carbonyl (C=O) groups excluding carboxylic acids is 2. The Morgan fingerprint density at radius 2 is 1.81 bits per heavy atom. The lowest BCUT2D eigenvalue weighted by Gasteiger charge is -2.41. The zero-order valence-corrected chi connectivity index (χ0v) is 23.0. The van der Waals surface area contributed by atoms with Gasteiger partial charge in [0.25, 0.3) is 0 Å². The van der Waals surface area contributed by atoms with Gasteiger partial charge in [0.15, 0.2) is 0 Å². The third-order valence-electron chi connectivity index (χ3n) is 6.74. The van der Waals surface area contributed by atoms with E-state index in [9.17, 15) is 19.8 Å². The lowest BCUT2D eigenvalue weighted by Crippen LogP contribution is -2.56. The SMILES string of the molecule is COc1ccccc1CCN(C(=O)C1CC1)[C@@H]1CC(C(=O)NCCO)=C[C@H](Oc2ccccc2I)[C@H]1O. The first kappa shape index (κ1) is 27.4. The monoisotopic (exact) mass is 620 g/mol. The number of aliphatic hydroxyl groups is 2. The van der Waals surface area contributed by atoms with Crippen molar-refractivity contribution in [1.82, 2.24) is 10.2 Å². The molecule has 0 saturated heterocycles. The second kappa shape index (κ2) is 12.7. The van der Waals surface area contributed by atoms with Crippen LogP contribution in [0.5, 0.6) is 11.5 Å². The number of hydrogen-bond donors (Lipinski definition) is 3. The van der Waals surface area contributed by atoms with Gasteiger partial charge in [-0.3, -0.25) is 9.59 Å². The minimum absolute atomic E-state index is 0.0102. The molecule has 3 atom stereocenters. The second-order valence-electron chi connectivity index (χ2n) is 9.31. The van der Waals surface area contributed by atoms with E-state index in [1.807, 2.05) is 48.5 Å². The summed E-state index contributed by atoms with van der Waals surface area (Å²) in [6, 6.07) is 14.5. The van der Waals surface area contributed by atoms with Crippen LogP contribution in [0.2, 0.25) is 0 Å². The molecule has 1 saturated carbocycles. The van der Waals surface area contributed by atoms with Crippen LogP contribution in [-0.4, -0.2) is 72.0 Å². The molecule has 0 bridgehead atoms. The smallest absolute Gasteiger partial charge is 0.247 e. The summed E-state index contributed by atoms with van der Waals surface area (Å²) in [7, 11) is 1.62. The molecule has 0 radical (unpaired) electrons. The fraction of sp³-hybridized carbons (Fsp3) is 0.429. The van der Waals surface area contributed by atoms with E-state index in [1.165, 1.54) is 0 Å². The Labute approximate surface area is 230 Å². The molecule has 1 fully saturated rings. The van der Waals surface area contributed by atoms with Gasteiger partial charge in [0.2, 0.25) is 11.8 Å². The summed E-state index contributed by atoms with van der Waals surface area (Å²) in [5.74, 6) is 0.925. The van der Waals surface area contributed by atoms with E-state index in [-0.39, 0.29) is 37.3 Å². The van der Waals surface area contributed by atoms with Gasteiger partial charge in [-0.05, 0) is 71.7 Å². The Bertz CT molecular complexity index is 1140. The van der Waals surface area contributed by atoms with Crippen LogP contribution in [0.4, 0.5) is 0 Å². The summed E-state index contributed by atoms with van der Waals surface area (Å²) in [4.78, 5) is 28.1. The highest BCUT2D eigenvalue weighted by atomic mass is 127. The number of ether oxygens (including phenoxy) is 2. The molecule has 2 aromatic rings. The molecule has 0 aliphatic heterocycles. The number of para-hydroxylation sites is 2. The quantitative estimate of drug-likeness (QED) is 0.334. The molecule has 0 heterocycles. The maximum absolute atomic E-state index is 13.5. The van der Waals surface area contributed by atoms with Gasteiger partial charge in [-0.25, -0.2) is 0 Å². The predicted octanol–water partition coefficient (Wildman–Crippen LogP) is 2.70. The number of halogens is 1. The van der Waals surface area contributed by atoms with Crippen molar-refractivity contribution < 1.29 is 29.3 Å². The first-order chi connectivity index (χ1) is 17.9. The fourth-order valence-corrected chi connectivity index (χ4v) is 5.14. The van der Waals surface area contributed by atoms with E-state index in [1.54, 1.807) is 18.1 Å². The zero-order chi connectivity index (χ0) is 26.4. The van der Waals surface area contributed by atoms with Gasteiger partial charge in [-0.15, -0.1) is 0 Å². The highest BCUT2D eigenvalue weighted by Crippen LogP contribution is 2.35. The number of aliphatic hydroxyl groups excluding tert-OH is 2. The summed E-state index contributed by atoms with van der Waals surface area (Å²) < 4.78 is 12.6. The third kappa shape index (κ3) is 6.82. The van der Waals surface area contributed by atoms with Crippen molar-refractivity contribution in [2.24, 2.45) is 5.92 Å². The zero-order valence-electron chi connectivity index (χ0n) is 20.8. The summed E-state index contributed by atoms with van der Waals surface area (Å²) >= 11 is 2.16. The highest BCUT2D eigenvalue weighted by molar-refractivity contribution is 14.1. The molecule has 9 heteroatoms. The van der Waals surface area contributed by atoms with E-state index in [0.717, 1.165) is 27.7 Å². The van der Waals surface area contributed by atoms with E-state index in [2.05, 4.69) is 27.9 Å². The van der Waals surface area contributed by atoms with Crippen LogP contribution in [0.3, 0.4) is 0 Å².